The normalized spacial score (nSPS) is 22.0. The summed E-state index contributed by atoms with van der Waals surface area (Å²) in [5, 5.41) is 13.2. The first kappa shape index (κ1) is 22.0. The predicted molar refractivity (Wildman–Crippen MR) is 117 cm³/mol. The number of carboxylic acids is 1. The Labute approximate surface area is 187 Å². The van der Waals surface area contributed by atoms with Gasteiger partial charge in [0.1, 0.15) is 5.75 Å². The van der Waals surface area contributed by atoms with Crippen LogP contribution in [0.4, 0.5) is 0 Å². The van der Waals surface area contributed by atoms with Crippen LogP contribution in [0.1, 0.15) is 36.4 Å². The van der Waals surface area contributed by atoms with E-state index in [1.165, 1.54) is 0 Å². The number of carbonyl (C=O) groups is 2. The van der Waals surface area contributed by atoms with Gasteiger partial charge in [0.25, 0.3) is 0 Å². The number of hydrogen-bond acceptors (Lipinski definition) is 6. The maximum Gasteiger partial charge on any atom is 0.309 e. The van der Waals surface area contributed by atoms with E-state index < -0.39 is 17.9 Å². The molecular formula is C24H28N2O6. The zero-order valence-electron chi connectivity index (χ0n) is 18.2. The van der Waals surface area contributed by atoms with Crippen molar-refractivity contribution < 1.29 is 28.9 Å². The molecule has 0 aliphatic carbocycles. The molecule has 0 saturated carbocycles. The number of fused-ring (bicyclic) bond motifs is 1. The number of aliphatic carboxylic acids is 1. The molecule has 2 aliphatic rings. The van der Waals surface area contributed by atoms with E-state index in [1.54, 1.807) is 13.2 Å². The van der Waals surface area contributed by atoms with Gasteiger partial charge in [0.05, 0.1) is 19.6 Å². The SMILES string of the molecule is CCCNC(=O)CN1C[C@H](c2ccc(OC)cc2)[C@H](C(=O)O)[C@H]1c1ccc2c(c1)OCO2. The first-order valence-corrected chi connectivity index (χ1v) is 10.8. The summed E-state index contributed by atoms with van der Waals surface area (Å²) >= 11 is 0. The number of amides is 1. The third-order valence-electron chi connectivity index (χ3n) is 6.08. The molecule has 0 unspecified atom stereocenters. The van der Waals surface area contributed by atoms with Gasteiger partial charge in [-0.3, -0.25) is 14.5 Å². The Kier molecular flexibility index (Phi) is 6.50. The number of likely N-dealkylation sites (tertiary alicyclic amines) is 1. The van der Waals surface area contributed by atoms with E-state index in [1.807, 2.05) is 48.2 Å². The van der Waals surface area contributed by atoms with Crippen molar-refractivity contribution >= 4 is 11.9 Å². The molecule has 2 aliphatic heterocycles. The lowest BCUT2D eigenvalue weighted by Gasteiger charge is -2.27. The summed E-state index contributed by atoms with van der Waals surface area (Å²) in [7, 11) is 1.59. The van der Waals surface area contributed by atoms with Gasteiger partial charge in [-0.2, -0.15) is 0 Å². The Bertz CT molecular complexity index is 977. The highest BCUT2D eigenvalue weighted by molar-refractivity contribution is 5.79. The molecule has 2 aromatic rings. The zero-order valence-corrected chi connectivity index (χ0v) is 18.2. The van der Waals surface area contributed by atoms with E-state index in [-0.39, 0.29) is 25.2 Å². The summed E-state index contributed by atoms with van der Waals surface area (Å²) in [6, 6.07) is 12.5. The van der Waals surface area contributed by atoms with Crippen LogP contribution in [0.5, 0.6) is 17.2 Å². The summed E-state index contributed by atoms with van der Waals surface area (Å²) in [6.45, 7) is 3.29. The van der Waals surface area contributed by atoms with E-state index in [2.05, 4.69) is 5.32 Å². The Morgan fingerprint density at radius 2 is 1.84 bits per heavy atom. The number of carboxylic acid groups (broad SMARTS) is 1. The fraction of sp³-hybridized carbons (Fsp3) is 0.417. The molecule has 0 radical (unpaired) electrons. The number of hydrogen-bond donors (Lipinski definition) is 2. The fourth-order valence-corrected chi connectivity index (χ4v) is 4.58. The number of rotatable bonds is 8. The molecule has 8 nitrogen and oxygen atoms in total. The summed E-state index contributed by atoms with van der Waals surface area (Å²) in [5.41, 5.74) is 1.70. The van der Waals surface area contributed by atoms with Crippen LogP contribution in [0.2, 0.25) is 0 Å². The second-order valence-electron chi connectivity index (χ2n) is 8.08. The molecule has 8 heteroatoms. The fourth-order valence-electron chi connectivity index (χ4n) is 4.58. The van der Waals surface area contributed by atoms with Crippen molar-refractivity contribution in [2.75, 3.05) is 33.5 Å². The molecule has 2 N–H and O–H groups in total. The van der Waals surface area contributed by atoms with Gasteiger partial charge in [-0.15, -0.1) is 0 Å². The maximum absolute atomic E-state index is 12.6. The molecule has 0 spiro atoms. The molecule has 0 bridgehead atoms. The van der Waals surface area contributed by atoms with Gasteiger partial charge in [0.2, 0.25) is 12.7 Å². The second-order valence-corrected chi connectivity index (χ2v) is 8.08. The lowest BCUT2D eigenvalue weighted by molar-refractivity contribution is -0.143. The van der Waals surface area contributed by atoms with Crippen LogP contribution in [-0.4, -0.2) is 55.4 Å². The lowest BCUT2D eigenvalue weighted by atomic mass is 9.83. The van der Waals surface area contributed by atoms with E-state index in [9.17, 15) is 14.7 Å². The number of nitrogens with one attached hydrogen (secondary N) is 1. The monoisotopic (exact) mass is 440 g/mol. The number of carbonyl (C=O) groups excluding carboxylic acids is 1. The first-order valence-electron chi connectivity index (χ1n) is 10.8. The number of nitrogens with zero attached hydrogens (tertiary/aromatic N) is 1. The summed E-state index contributed by atoms with van der Waals surface area (Å²) in [5.74, 6) is -0.0909. The van der Waals surface area contributed by atoms with Gasteiger partial charge in [-0.1, -0.05) is 25.1 Å². The van der Waals surface area contributed by atoms with Gasteiger partial charge < -0.3 is 24.6 Å². The van der Waals surface area contributed by atoms with Gasteiger partial charge >= 0.3 is 5.97 Å². The van der Waals surface area contributed by atoms with Crippen LogP contribution in [0.3, 0.4) is 0 Å². The standard InChI is InChI=1S/C24H28N2O6/c1-3-10-25-21(27)13-26-12-18(15-4-7-17(30-2)8-5-15)22(24(28)29)23(26)16-6-9-19-20(11-16)32-14-31-19/h4-9,11,18,22-23H,3,10,12-14H2,1-2H3,(H,25,27)(H,28,29)/t18-,22+,23-/m1/s1. The number of ether oxygens (including phenoxy) is 3. The van der Waals surface area contributed by atoms with Crippen molar-refractivity contribution in [1.82, 2.24) is 10.2 Å². The minimum atomic E-state index is -0.898. The molecule has 1 amide bonds. The van der Waals surface area contributed by atoms with Crippen LogP contribution in [0.15, 0.2) is 42.5 Å². The maximum atomic E-state index is 12.6. The highest BCUT2D eigenvalue weighted by Gasteiger charge is 2.48. The minimum absolute atomic E-state index is 0.114. The lowest BCUT2D eigenvalue weighted by Crippen LogP contribution is -2.38. The molecule has 2 heterocycles. The Hall–Kier alpha value is -3.26. The van der Waals surface area contributed by atoms with E-state index in [0.717, 1.165) is 17.5 Å². The summed E-state index contributed by atoms with van der Waals surface area (Å²) in [4.78, 5) is 27.0. The second kappa shape index (κ2) is 9.48. The molecule has 32 heavy (non-hydrogen) atoms. The van der Waals surface area contributed by atoms with Crippen molar-refractivity contribution in [3.8, 4) is 17.2 Å². The molecule has 0 aromatic heterocycles. The van der Waals surface area contributed by atoms with Crippen LogP contribution in [0, 0.1) is 5.92 Å². The minimum Gasteiger partial charge on any atom is -0.497 e. The van der Waals surface area contributed by atoms with E-state index in [0.29, 0.717) is 30.3 Å². The number of methoxy groups -OCH3 is 1. The molecule has 3 atom stereocenters. The zero-order chi connectivity index (χ0) is 22.7. The van der Waals surface area contributed by atoms with E-state index >= 15 is 0 Å². The topological polar surface area (TPSA) is 97.3 Å². The molecule has 1 saturated heterocycles. The molecule has 170 valence electrons. The van der Waals surface area contributed by atoms with E-state index in [4.69, 9.17) is 14.2 Å². The van der Waals surface area contributed by atoms with Gasteiger partial charge in [0.15, 0.2) is 11.5 Å². The number of benzene rings is 2. The van der Waals surface area contributed by atoms with Crippen LogP contribution in [0.25, 0.3) is 0 Å². The smallest absolute Gasteiger partial charge is 0.309 e. The Balaban J connectivity index is 1.70. The third-order valence-corrected chi connectivity index (χ3v) is 6.08. The molecule has 4 rings (SSSR count). The summed E-state index contributed by atoms with van der Waals surface area (Å²) in [6.07, 6.45) is 0.837. The van der Waals surface area contributed by atoms with Crippen LogP contribution >= 0.6 is 0 Å². The molecule has 1 fully saturated rings. The summed E-state index contributed by atoms with van der Waals surface area (Å²) < 4.78 is 16.2. The third kappa shape index (κ3) is 4.36. The largest absolute Gasteiger partial charge is 0.497 e. The quantitative estimate of drug-likeness (QED) is 0.651. The highest BCUT2D eigenvalue weighted by atomic mass is 16.7. The Morgan fingerprint density at radius 1 is 1.12 bits per heavy atom. The average Bonchev–Trinajstić information content (AvgIpc) is 3.41. The predicted octanol–water partition coefficient (Wildman–Crippen LogP) is 2.79. The average molecular weight is 440 g/mol. The Morgan fingerprint density at radius 3 is 2.53 bits per heavy atom. The van der Waals surface area contributed by atoms with Crippen molar-refractivity contribution in [3.05, 3.63) is 53.6 Å². The first-order chi connectivity index (χ1) is 15.5. The van der Waals surface area contributed by atoms with Gasteiger partial charge in [-0.25, -0.2) is 0 Å². The van der Waals surface area contributed by atoms with Crippen molar-refractivity contribution in [1.29, 1.82) is 0 Å². The molecule has 2 aromatic carbocycles. The van der Waals surface area contributed by atoms with Crippen molar-refractivity contribution in [3.63, 3.8) is 0 Å². The van der Waals surface area contributed by atoms with Crippen LogP contribution < -0.4 is 19.5 Å². The van der Waals surface area contributed by atoms with Crippen molar-refractivity contribution in [2.45, 2.75) is 25.3 Å². The van der Waals surface area contributed by atoms with Gasteiger partial charge in [0, 0.05) is 25.0 Å². The highest BCUT2D eigenvalue weighted by Crippen LogP contribution is 2.47. The van der Waals surface area contributed by atoms with Crippen molar-refractivity contribution in [2.24, 2.45) is 5.92 Å². The van der Waals surface area contributed by atoms with Gasteiger partial charge in [-0.05, 0) is 41.8 Å². The molecular weight excluding hydrogens is 412 g/mol. The van der Waals surface area contributed by atoms with Crippen LogP contribution in [-0.2, 0) is 9.59 Å².